The minimum Gasteiger partial charge on any atom is -0.336 e. The molecule has 1 aliphatic heterocycles. The highest BCUT2D eigenvalue weighted by Crippen LogP contribution is 2.23. The Morgan fingerprint density at radius 2 is 2.13 bits per heavy atom. The van der Waals surface area contributed by atoms with E-state index < -0.39 is 0 Å². The Labute approximate surface area is 140 Å². The second kappa shape index (κ2) is 7.14. The van der Waals surface area contributed by atoms with Crippen molar-refractivity contribution in [2.24, 2.45) is 0 Å². The van der Waals surface area contributed by atoms with Crippen LogP contribution in [0.5, 0.6) is 0 Å². The molecule has 0 unspecified atom stereocenters. The van der Waals surface area contributed by atoms with Crippen LogP contribution in [0.15, 0.2) is 23.6 Å². The largest absolute Gasteiger partial charge is 0.336 e. The summed E-state index contributed by atoms with van der Waals surface area (Å²) in [4.78, 5) is 17.4. The smallest absolute Gasteiger partial charge is 0.317 e. The zero-order valence-corrected chi connectivity index (χ0v) is 14.5. The van der Waals surface area contributed by atoms with Crippen molar-refractivity contribution in [2.45, 2.75) is 13.5 Å². The molecule has 0 aliphatic carbocycles. The fourth-order valence-corrected chi connectivity index (χ4v) is 3.35. The fourth-order valence-electron chi connectivity index (χ4n) is 2.67. The van der Waals surface area contributed by atoms with Crippen LogP contribution < -0.4 is 5.32 Å². The molecule has 1 fully saturated rings. The third-order valence-corrected chi connectivity index (χ3v) is 5.04. The van der Waals surface area contributed by atoms with Crippen molar-refractivity contribution in [2.75, 3.05) is 39.8 Å². The Balaban J connectivity index is 1.50. The molecule has 1 N–H and O–H groups in total. The summed E-state index contributed by atoms with van der Waals surface area (Å²) in [5.74, 6) is 0. The zero-order valence-electron chi connectivity index (χ0n) is 13.7. The van der Waals surface area contributed by atoms with Crippen molar-refractivity contribution in [3.8, 4) is 10.6 Å². The van der Waals surface area contributed by atoms with E-state index >= 15 is 0 Å². The molecule has 1 aliphatic rings. The van der Waals surface area contributed by atoms with E-state index in [9.17, 15) is 4.79 Å². The van der Waals surface area contributed by atoms with Crippen LogP contribution in [0, 0.1) is 6.92 Å². The molecule has 3 rings (SSSR count). The highest BCUT2D eigenvalue weighted by molar-refractivity contribution is 7.13. The minimum atomic E-state index is 0.0291. The van der Waals surface area contributed by atoms with Crippen molar-refractivity contribution in [1.29, 1.82) is 0 Å². The molecule has 2 amide bonds. The molecule has 0 atom stereocenters. The number of carbonyl (C=O) groups is 1. The Bertz CT molecular complexity index is 643. The van der Waals surface area contributed by atoms with Crippen LogP contribution in [-0.4, -0.2) is 65.4 Å². The van der Waals surface area contributed by atoms with Gasteiger partial charge in [-0.15, -0.1) is 11.3 Å². The van der Waals surface area contributed by atoms with Gasteiger partial charge in [0.05, 0.1) is 11.4 Å². The highest BCUT2D eigenvalue weighted by atomic mass is 32.1. The molecule has 124 valence electrons. The number of rotatable bonds is 4. The van der Waals surface area contributed by atoms with Crippen LogP contribution in [0.2, 0.25) is 0 Å². The lowest BCUT2D eigenvalue weighted by Gasteiger charge is -2.32. The number of carbonyl (C=O) groups excluding carboxylic acids is 1. The lowest BCUT2D eigenvalue weighted by molar-refractivity contribution is 0.154. The number of hydrogen-bond acceptors (Lipinski definition) is 4. The number of likely N-dealkylation sites (N-methyl/N-ethyl adjacent to an activating group) is 1. The molecule has 0 radical (unpaired) electrons. The summed E-state index contributed by atoms with van der Waals surface area (Å²) in [5, 5.41) is 9.68. The third kappa shape index (κ3) is 3.92. The van der Waals surface area contributed by atoms with Gasteiger partial charge in [0.1, 0.15) is 5.69 Å². The summed E-state index contributed by atoms with van der Waals surface area (Å²) >= 11 is 1.69. The number of hydrogen-bond donors (Lipinski definition) is 1. The number of aromatic nitrogens is 2. The normalized spacial score (nSPS) is 15.8. The van der Waals surface area contributed by atoms with Crippen LogP contribution in [0.4, 0.5) is 4.79 Å². The van der Waals surface area contributed by atoms with Crippen LogP contribution in [-0.2, 0) is 6.54 Å². The van der Waals surface area contributed by atoms with Crippen molar-refractivity contribution >= 4 is 17.4 Å². The lowest BCUT2D eigenvalue weighted by Crippen LogP contribution is -2.51. The summed E-state index contributed by atoms with van der Waals surface area (Å²) in [6.45, 7) is 6.81. The maximum atomic E-state index is 12.1. The minimum absolute atomic E-state index is 0.0291. The number of nitrogens with one attached hydrogen (secondary N) is 1. The third-order valence-electron chi connectivity index (χ3n) is 4.15. The predicted octanol–water partition coefficient (Wildman–Crippen LogP) is 1.88. The first-order chi connectivity index (χ1) is 11.1. The predicted molar refractivity (Wildman–Crippen MR) is 92.7 cm³/mol. The van der Waals surface area contributed by atoms with Crippen molar-refractivity contribution < 1.29 is 4.79 Å². The molecule has 0 spiro atoms. The number of amides is 2. The molecule has 0 bridgehead atoms. The Hall–Kier alpha value is -1.86. The van der Waals surface area contributed by atoms with E-state index in [2.05, 4.69) is 39.9 Å². The summed E-state index contributed by atoms with van der Waals surface area (Å²) < 4.78 is 1.96. The second-order valence-electron chi connectivity index (χ2n) is 5.89. The number of urea groups is 1. The molecular formula is C16H23N5OS. The van der Waals surface area contributed by atoms with E-state index in [1.165, 1.54) is 4.88 Å². The summed E-state index contributed by atoms with van der Waals surface area (Å²) in [6.07, 6.45) is 0. The van der Waals surface area contributed by atoms with Gasteiger partial charge >= 0.3 is 6.03 Å². The van der Waals surface area contributed by atoms with E-state index in [-0.39, 0.29) is 6.03 Å². The first-order valence-corrected chi connectivity index (χ1v) is 8.81. The molecule has 0 aromatic carbocycles. The van der Waals surface area contributed by atoms with Crippen LogP contribution in [0.25, 0.3) is 10.6 Å². The first-order valence-electron chi connectivity index (χ1n) is 7.93. The average Bonchev–Trinajstić information content (AvgIpc) is 3.18. The zero-order chi connectivity index (χ0) is 16.2. The number of aryl methyl sites for hydroxylation is 1. The van der Waals surface area contributed by atoms with E-state index in [0.717, 1.165) is 37.6 Å². The van der Waals surface area contributed by atoms with Gasteiger partial charge in [0, 0.05) is 38.4 Å². The van der Waals surface area contributed by atoms with Gasteiger partial charge in [0.15, 0.2) is 0 Å². The van der Waals surface area contributed by atoms with Gasteiger partial charge in [-0.3, -0.25) is 4.68 Å². The maximum absolute atomic E-state index is 12.1. The molecular weight excluding hydrogens is 310 g/mol. The Morgan fingerprint density at radius 1 is 1.35 bits per heavy atom. The molecule has 3 heterocycles. The van der Waals surface area contributed by atoms with E-state index in [1.54, 1.807) is 11.3 Å². The van der Waals surface area contributed by atoms with Gasteiger partial charge in [-0.05, 0) is 31.5 Å². The van der Waals surface area contributed by atoms with Crippen molar-refractivity contribution in [1.82, 2.24) is 24.9 Å². The lowest BCUT2D eigenvalue weighted by atomic mass is 10.3. The van der Waals surface area contributed by atoms with Gasteiger partial charge in [0.25, 0.3) is 0 Å². The topological polar surface area (TPSA) is 53.4 Å². The van der Waals surface area contributed by atoms with Gasteiger partial charge in [-0.1, -0.05) is 6.07 Å². The maximum Gasteiger partial charge on any atom is 0.317 e. The standard InChI is InChI=1S/C16H23N5OS/c1-13-12-14(15-4-3-11-23-15)18-21(13)6-5-17-16(22)20-9-7-19(2)8-10-20/h3-4,11-12H,5-10H2,1-2H3,(H,17,22). The fraction of sp³-hybridized carbons (Fsp3) is 0.500. The monoisotopic (exact) mass is 333 g/mol. The molecule has 2 aromatic heterocycles. The Kier molecular flexibility index (Phi) is 4.97. The number of piperazine rings is 1. The van der Waals surface area contributed by atoms with E-state index in [4.69, 9.17) is 0 Å². The SMILES string of the molecule is Cc1cc(-c2cccs2)nn1CCNC(=O)N1CCN(C)CC1. The van der Waals surface area contributed by atoms with Gasteiger partial charge in [0.2, 0.25) is 0 Å². The molecule has 1 saturated heterocycles. The van der Waals surface area contributed by atoms with Gasteiger partial charge < -0.3 is 15.1 Å². The molecule has 0 saturated carbocycles. The Morgan fingerprint density at radius 3 is 2.83 bits per heavy atom. The summed E-state index contributed by atoms with van der Waals surface area (Å²) in [6, 6.07) is 6.23. The quantitative estimate of drug-likeness (QED) is 0.929. The summed E-state index contributed by atoms with van der Waals surface area (Å²) in [5.41, 5.74) is 2.12. The molecule has 2 aromatic rings. The second-order valence-corrected chi connectivity index (χ2v) is 6.84. The van der Waals surface area contributed by atoms with Crippen LogP contribution >= 0.6 is 11.3 Å². The number of thiophene rings is 1. The van der Waals surface area contributed by atoms with Crippen molar-refractivity contribution in [3.63, 3.8) is 0 Å². The van der Waals surface area contributed by atoms with Crippen LogP contribution in [0.3, 0.4) is 0 Å². The number of nitrogens with zero attached hydrogens (tertiary/aromatic N) is 4. The van der Waals surface area contributed by atoms with Crippen LogP contribution in [0.1, 0.15) is 5.69 Å². The average molecular weight is 333 g/mol. The highest BCUT2D eigenvalue weighted by Gasteiger charge is 2.18. The van der Waals surface area contributed by atoms with Crippen molar-refractivity contribution in [3.05, 3.63) is 29.3 Å². The summed E-state index contributed by atoms with van der Waals surface area (Å²) in [7, 11) is 2.08. The van der Waals surface area contributed by atoms with E-state index in [1.807, 2.05) is 22.6 Å². The van der Waals surface area contributed by atoms with E-state index in [0.29, 0.717) is 13.1 Å². The molecule has 23 heavy (non-hydrogen) atoms. The molecule has 7 heteroatoms. The van der Waals surface area contributed by atoms with Gasteiger partial charge in [-0.2, -0.15) is 5.10 Å². The molecule has 6 nitrogen and oxygen atoms in total. The first kappa shape index (κ1) is 16.0. The van der Waals surface area contributed by atoms with Gasteiger partial charge in [-0.25, -0.2) is 4.79 Å².